The molecule has 4 heterocycles. The van der Waals surface area contributed by atoms with Crippen LogP contribution in [-0.4, -0.2) is 50.0 Å². The summed E-state index contributed by atoms with van der Waals surface area (Å²) < 4.78 is 8.33. The highest BCUT2D eigenvalue weighted by molar-refractivity contribution is 5.94. The largest absolute Gasteiger partial charge is 0.385 e. The number of carbonyl (C=O) groups excluding carboxylic acids is 1. The highest BCUT2D eigenvalue weighted by Crippen LogP contribution is 2.22. The lowest BCUT2D eigenvalue weighted by Crippen LogP contribution is -2.36. The molecule has 146 valence electrons. The summed E-state index contributed by atoms with van der Waals surface area (Å²) >= 11 is 0. The van der Waals surface area contributed by atoms with Gasteiger partial charge >= 0.3 is 0 Å². The van der Waals surface area contributed by atoms with Crippen molar-refractivity contribution in [2.75, 3.05) is 24.3 Å². The summed E-state index contributed by atoms with van der Waals surface area (Å²) in [4.78, 5) is 29.4. The first kappa shape index (κ1) is 17.9. The predicted octanol–water partition coefficient (Wildman–Crippen LogP) is 0.257. The van der Waals surface area contributed by atoms with Gasteiger partial charge in [0.1, 0.15) is 5.69 Å². The fraction of sp³-hybridized carbons (Fsp3) is 0.353. The number of aryl methyl sites for hydroxylation is 1. The Balaban J connectivity index is 1.91. The molecule has 0 spiro atoms. The molecule has 0 saturated carbocycles. The molecule has 1 aliphatic rings. The van der Waals surface area contributed by atoms with Crippen molar-refractivity contribution >= 4 is 28.7 Å². The smallest absolute Gasteiger partial charge is 0.290 e. The predicted molar refractivity (Wildman–Crippen MR) is 102 cm³/mol. The van der Waals surface area contributed by atoms with E-state index in [0.717, 1.165) is 0 Å². The van der Waals surface area contributed by atoms with Crippen LogP contribution in [0.4, 0.5) is 17.2 Å². The molecular weight excluding hydrogens is 364 g/mol. The van der Waals surface area contributed by atoms with Gasteiger partial charge in [-0.3, -0.25) is 9.59 Å². The van der Waals surface area contributed by atoms with E-state index < -0.39 is 0 Å². The van der Waals surface area contributed by atoms with Crippen molar-refractivity contribution in [3.8, 4) is 0 Å². The maximum Gasteiger partial charge on any atom is 0.290 e. The van der Waals surface area contributed by atoms with Gasteiger partial charge in [-0.15, -0.1) is 5.10 Å². The Labute approximate surface area is 159 Å². The highest BCUT2D eigenvalue weighted by Gasteiger charge is 2.19. The molecule has 0 radical (unpaired) electrons. The Kier molecular flexibility index (Phi) is 4.43. The van der Waals surface area contributed by atoms with Crippen LogP contribution < -0.4 is 21.5 Å². The van der Waals surface area contributed by atoms with Crippen molar-refractivity contribution in [1.82, 2.24) is 29.7 Å². The average molecular weight is 384 g/mol. The van der Waals surface area contributed by atoms with E-state index in [2.05, 4.69) is 31.1 Å². The Hall–Kier alpha value is -3.47. The molecular formula is C17H20N8O3. The topological polar surface area (TPSA) is 127 Å². The third kappa shape index (κ3) is 3.16. The minimum atomic E-state index is -0.320. The molecule has 28 heavy (non-hydrogen) atoms. The van der Waals surface area contributed by atoms with Crippen molar-refractivity contribution < 1.29 is 9.53 Å². The Bertz CT molecular complexity index is 1120. The average Bonchev–Trinajstić information content (AvgIpc) is 3.08. The first-order chi connectivity index (χ1) is 13.5. The molecule has 4 bridgehead atoms. The van der Waals surface area contributed by atoms with Crippen LogP contribution in [0.3, 0.4) is 0 Å². The first-order valence-electron chi connectivity index (χ1n) is 8.75. The molecule has 11 nitrogen and oxygen atoms in total. The van der Waals surface area contributed by atoms with Crippen LogP contribution >= 0.6 is 0 Å². The fourth-order valence-electron chi connectivity index (χ4n) is 3.02. The number of anilines is 3. The van der Waals surface area contributed by atoms with E-state index in [4.69, 9.17) is 4.74 Å². The number of fused-ring (bicyclic) bond motifs is 3. The summed E-state index contributed by atoms with van der Waals surface area (Å²) in [6.45, 7) is 2.33. The van der Waals surface area contributed by atoms with Gasteiger partial charge in [-0.1, -0.05) is 0 Å². The van der Waals surface area contributed by atoms with Gasteiger partial charge in [0.2, 0.25) is 0 Å². The SMILES string of the molecule is CNc1cc2nn3c(cnc13)C(=O)N[C@H](C)COCc1cc(c(=O)n(C)n1)N2. The summed E-state index contributed by atoms with van der Waals surface area (Å²) in [6, 6.07) is 3.11. The molecule has 4 rings (SSSR count). The number of carbonyl (C=O) groups is 1. The standard InChI is InChI=1S/C17H20N8O3/c1-9-7-28-8-10-4-12(17(27)24(3)22-10)21-14-5-11(18-2)15-19-6-13(16(26)20-9)25(15)23-14/h4-6,9,18H,7-8H2,1-3H3,(H,20,26)(H,21,23)/t9-/m1/s1. The number of aromatic nitrogens is 5. The highest BCUT2D eigenvalue weighted by atomic mass is 16.5. The van der Waals surface area contributed by atoms with Gasteiger partial charge in [0.05, 0.1) is 30.8 Å². The van der Waals surface area contributed by atoms with Gasteiger partial charge in [0, 0.05) is 26.2 Å². The minimum absolute atomic E-state index is 0.204. The molecule has 0 fully saturated rings. The second-order valence-electron chi connectivity index (χ2n) is 6.56. The third-order valence-electron chi connectivity index (χ3n) is 4.34. The zero-order valence-electron chi connectivity index (χ0n) is 15.7. The van der Waals surface area contributed by atoms with Crippen LogP contribution in [0, 0.1) is 0 Å². The van der Waals surface area contributed by atoms with Gasteiger partial charge in [-0.25, -0.2) is 14.2 Å². The summed E-state index contributed by atoms with van der Waals surface area (Å²) in [5.41, 5.74) is 2.02. The van der Waals surface area contributed by atoms with Crippen LogP contribution in [0.2, 0.25) is 0 Å². The van der Waals surface area contributed by atoms with E-state index in [1.54, 1.807) is 26.2 Å². The first-order valence-corrected chi connectivity index (χ1v) is 8.75. The van der Waals surface area contributed by atoms with E-state index >= 15 is 0 Å². The van der Waals surface area contributed by atoms with E-state index in [0.29, 0.717) is 28.5 Å². The van der Waals surface area contributed by atoms with E-state index in [1.807, 2.05) is 6.92 Å². The lowest BCUT2D eigenvalue weighted by molar-refractivity contribution is 0.0804. The summed E-state index contributed by atoms with van der Waals surface area (Å²) in [7, 11) is 3.32. The monoisotopic (exact) mass is 384 g/mol. The Morgan fingerprint density at radius 1 is 1.29 bits per heavy atom. The van der Waals surface area contributed by atoms with Crippen molar-refractivity contribution in [3.05, 3.63) is 40.1 Å². The minimum Gasteiger partial charge on any atom is -0.385 e. The van der Waals surface area contributed by atoms with Crippen molar-refractivity contribution in [3.63, 3.8) is 0 Å². The number of nitrogens with zero attached hydrogens (tertiary/aromatic N) is 5. The summed E-state index contributed by atoms with van der Waals surface area (Å²) in [5.74, 6) is 0.0594. The van der Waals surface area contributed by atoms with Crippen molar-refractivity contribution in [1.29, 1.82) is 0 Å². The maximum absolute atomic E-state index is 12.7. The molecule has 3 aromatic heterocycles. The van der Waals surface area contributed by atoms with Crippen LogP contribution in [-0.2, 0) is 18.4 Å². The van der Waals surface area contributed by atoms with E-state index in [-0.39, 0.29) is 36.4 Å². The Morgan fingerprint density at radius 3 is 2.89 bits per heavy atom. The normalized spacial score (nSPS) is 17.1. The zero-order valence-corrected chi connectivity index (χ0v) is 15.7. The number of hydrogen-bond acceptors (Lipinski definition) is 8. The molecule has 0 aliphatic carbocycles. The fourth-order valence-corrected chi connectivity index (χ4v) is 3.02. The lowest BCUT2D eigenvalue weighted by Gasteiger charge is -2.16. The number of rotatable bonds is 1. The molecule has 0 saturated heterocycles. The molecule has 1 atom stereocenters. The van der Waals surface area contributed by atoms with Crippen LogP contribution in [0.25, 0.3) is 5.65 Å². The third-order valence-corrected chi connectivity index (χ3v) is 4.34. The molecule has 11 heteroatoms. The van der Waals surface area contributed by atoms with Gasteiger partial charge in [0.25, 0.3) is 11.5 Å². The number of hydrogen-bond donors (Lipinski definition) is 3. The molecule has 0 aromatic carbocycles. The van der Waals surface area contributed by atoms with E-state index in [9.17, 15) is 9.59 Å². The Morgan fingerprint density at radius 2 is 2.11 bits per heavy atom. The molecule has 3 N–H and O–H groups in total. The maximum atomic E-state index is 12.7. The number of ether oxygens (including phenoxy) is 1. The van der Waals surface area contributed by atoms with Crippen LogP contribution in [0.15, 0.2) is 23.1 Å². The van der Waals surface area contributed by atoms with Crippen LogP contribution in [0.1, 0.15) is 23.1 Å². The van der Waals surface area contributed by atoms with Crippen molar-refractivity contribution in [2.45, 2.75) is 19.6 Å². The van der Waals surface area contributed by atoms with Gasteiger partial charge < -0.3 is 20.7 Å². The van der Waals surface area contributed by atoms with Gasteiger partial charge in [0.15, 0.2) is 17.2 Å². The lowest BCUT2D eigenvalue weighted by atomic mass is 10.3. The number of amides is 1. The molecule has 1 amide bonds. The molecule has 1 aliphatic heterocycles. The second-order valence-corrected chi connectivity index (χ2v) is 6.56. The van der Waals surface area contributed by atoms with Gasteiger partial charge in [-0.05, 0) is 13.0 Å². The zero-order chi connectivity index (χ0) is 19.8. The molecule has 0 unspecified atom stereocenters. The van der Waals surface area contributed by atoms with E-state index in [1.165, 1.54) is 15.4 Å². The summed E-state index contributed by atoms with van der Waals surface area (Å²) in [6.07, 6.45) is 1.46. The quantitative estimate of drug-likeness (QED) is 0.545. The number of nitrogens with one attached hydrogen (secondary N) is 3. The summed E-state index contributed by atoms with van der Waals surface area (Å²) in [5, 5.41) is 17.6. The number of imidazole rings is 1. The van der Waals surface area contributed by atoms with Crippen molar-refractivity contribution in [2.24, 2.45) is 7.05 Å². The second kappa shape index (κ2) is 6.93. The van der Waals surface area contributed by atoms with Gasteiger partial charge in [-0.2, -0.15) is 5.10 Å². The molecule has 3 aromatic rings. The van der Waals surface area contributed by atoms with Crippen LogP contribution in [0.5, 0.6) is 0 Å².